The lowest BCUT2D eigenvalue weighted by atomic mass is 10.3. The van der Waals surface area contributed by atoms with E-state index in [9.17, 15) is 4.79 Å². The fourth-order valence-electron chi connectivity index (χ4n) is 1.35. The second-order valence-corrected chi connectivity index (χ2v) is 3.32. The van der Waals surface area contributed by atoms with Gasteiger partial charge in [-0.3, -0.25) is 4.79 Å². The molecule has 2 aromatic heterocycles. The number of pyridine rings is 1. The van der Waals surface area contributed by atoms with E-state index in [0.717, 1.165) is 23.1 Å². The number of aromatic amines is 1. The van der Waals surface area contributed by atoms with E-state index in [0.29, 0.717) is 5.56 Å². The van der Waals surface area contributed by atoms with E-state index in [2.05, 4.69) is 9.97 Å². The summed E-state index contributed by atoms with van der Waals surface area (Å²) < 4.78 is 0. The Balaban J connectivity index is 2.67. The molecule has 0 aliphatic carbocycles. The number of hydrogen-bond donors (Lipinski definition) is 1. The van der Waals surface area contributed by atoms with Gasteiger partial charge in [-0.2, -0.15) is 0 Å². The number of aromatic nitrogens is 2. The average Bonchev–Trinajstić information content (AvgIpc) is 2.59. The number of fused-ring (bicyclic) bond motifs is 1. The molecule has 0 atom stereocenters. The molecule has 0 spiro atoms. The number of H-pyrrole nitrogens is 1. The maximum absolute atomic E-state index is 10.7. The molecule has 0 amide bonds. The Morgan fingerprint density at radius 2 is 2.21 bits per heavy atom. The van der Waals surface area contributed by atoms with Gasteiger partial charge in [0.15, 0.2) is 6.29 Å². The van der Waals surface area contributed by atoms with Gasteiger partial charge in [-0.1, -0.05) is 0 Å². The number of nitrogens with zero attached hydrogens (tertiary/aromatic N) is 2. The van der Waals surface area contributed by atoms with E-state index >= 15 is 0 Å². The van der Waals surface area contributed by atoms with Gasteiger partial charge in [0, 0.05) is 20.3 Å². The minimum absolute atomic E-state index is 0.601. The lowest BCUT2D eigenvalue weighted by molar-refractivity contribution is 0.112. The van der Waals surface area contributed by atoms with Gasteiger partial charge in [0.1, 0.15) is 11.3 Å². The Hall–Kier alpha value is -1.84. The summed E-state index contributed by atoms with van der Waals surface area (Å²) in [5.41, 5.74) is 2.22. The molecule has 4 heteroatoms. The van der Waals surface area contributed by atoms with Crippen LogP contribution in [0.1, 0.15) is 10.4 Å². The molecule has 4 nitrogen and oxygen atoms in total. The van der Waals surface area contributed by atoms with Gasteiger partial charge in [-0.05, 0) is 12.1 Å². The maximum Gasteiger partial charge on any atom is 0.153 e. The summed E-state index contributed by atoms with van der Waals surface area (Å²) in [6, 6.07) is 3.83. The number of nitrogens with one attached hydrogen (secondary N) is 1. The summed E-state index contributed by atoms with van der Waals surface area (Å²) in [6.45, 7) is 0. The molecular formula is C10H11N3O. The normalized spacial score (nSPS) is 10.4. The van der Waals surface area contributed by atoms with Crippen LogP contribution in [0.2, 0.25) is 0 Å². The lowest BCUT2D eigenvalue weighted by Crippen LogP contribution is -2.10. The van der Waals surface area contributed by atoms with E-state index in [4.69, 9.17) is 0 Å². The predicted molar refractivity (Wildman–Crippen MR) is 55.8 cm³/mol. The Morgan fingerprint density at radius 1 is 1.43 bits per heavy atom. The smallest absolute Gasteiger partial charge is 0.153 e. The van der Waals surface area contributed by atoms with Crippen LogP contribution in [0.5, 0.6) is 0 Å². The van der Waals surface area contributed by atoms with E-state index in [1.165, 1.54) is 0 Å². The second-order valence-electron chi connectivity index (χ2n) is 3.32. The second kappa shape index (κ2) is 3.14. The fraction of sp³-hybridized carbons (Fsp3) is 0.200. The third kappa shape index (κ3) is 1.25. The molecule has 0 saturated heterocycles. The highest BCUT2D eigenvalue weighted by Gasteiger charge is 2.05. The molecule has 14 heavy (non-hydrogen) atoms. The summed E-state index contributed by atoms with van der Waals surface area (Å²) in [5.74, 6) is 0.847. The zero-order chi connectivity index (χ0) is 10.1. The van der Waals surface area contributed by atoms with E-state index in [1.807, 2.05) is 31.1 Å². The average molecular weight is 189 g/mol. The van der Waals surface area contributed by atoms with Crippen LogP contribution in [0, 0.1) is 0 Å². The minimum atomic E-state index is 0.601. The molecule has 0 aromatic carbocycles. The van der Waals surface area contributed by atoms with Crippen molar-refractivity contribution in [3.63, 3.8) is 0 Å². The predicted octanol–water partition coefficient (Wildman–Crippen LogP) is 1.44. The number of anilines is 1. The Labute approximate surface area is 81.6 Å². The van der Waals surface area contributed by atoms with Gasteiger partial charge >= 0.3 is 0 Å². The Bertz CT molecular complexity index is 473. The molecule has 0 unspecified atom stereocenters. The fourth-order valence-corrected chi connectivity index (χ4v) is 1.35. The van der Waals surface area contributed by atoms with Crippen molar-refractivity contribution in [3.05, 3.63) is 23.9 Å². The summed E-state index contributed by atoms with van der Waals surface area (Å²) in [4.78, 5) is 20.0. The Morgan fingerprint density at radius 3 is 2.86 bits per heavy atom. The molecule has 2 rings (SSSR count). The molecule has 0 radical (unpaired) electrons. The van der Waals surface area contributed by atoms with E-state index < -0.39 is 0 Å². The first-order valence-electron chi connectivity index (χ1n) is 4.33. The summed E-state index contributed by atoms with van der Waals surface area (Å²) in [6.07, 6.45) is 2.48. The minimum Gasteiger partial charge on any atom is -0.363 e. The Kier molecular flexibility index (Phi) is 1.96. The zero-order valence-corrected chi connectivity index (χ0v) is 8.11. The van der Waals surface area contributed by atoms with Crippen molar-refractivity contribution in [2.24, 2.45) is 0 Å². The van der Waals surface area contributed by atoms with Crippen molar-refractivity contribution in [1.82, 2.24) is 9.97 Å². The van der Waals surface area contributed by atoms with Crippen molar-refractivity contribution in [3.8, 4) is 0 Å². The van der Waals surface area contributed by atoms with Gasteiger partial charge in [0.2, 0.25) is 0 Å². The van der Waals surface area contributed by atoms with Crippen LogP contribution in [0.4, 0.5) is 5.82 Å². The third-order valence-electron chi connectivity index (χ3n) is 2.12. The first kappa shape index (κ1) is 8.74. The highest BCUT2D eigenvalue weighted by atomic mass is 16.1. The first-order chi connectivity index (χ1) is 6.72. The van der Waals surface area contributed by atoms with Gasteiger partial charge in [0.25, 0.3) is 0 Å². The van der Waals surface area contributed by atoms with Crippen molar-refractivity contribution < 1.29 is 4.79 Å². The number of aldehydes is 1. The monoisotopic (exact) mass is 189 g/mol. The van der Waals surface area contributed by atoms with Crippen LogP contribution >= 0.6 is 0 Å². The topological polar surface area (TPSA) is 49.0 Å². The maximum atomic E-state index is 10.7. The van der Waals surface area contributed by atoms with Crippen molar-refractivity contribution in [1.29, 1.82) is 0 Å². The van der Waals surface area contributed by atoms with Crippen molar-refractivity contribution in [2.45, 2.75) is 0 Å². The van der Waals surface area contributed by atoms with Crippen molar-refractivity contribution in [2.75, 3.05) is 19.0 Å². The van der Waals surface area contributed by atoms with Crippen LogP contribution < -0.4 is 4.90 Å². The number of rotatable bonds is 2. The standard InChI is InChI=1S/C10H11N3O/c1-13(2)9-4-3-8-10(12-9)7(6-14)5-11-8/h3-6,11H,1-2H3. The van der Waals surface area contributed by atoms with Crippen molar-refractivity contribution >= 4 is 23.1 Å². The first-order valence-corrected chi connectivity index (χ1v) is 4.33. The summed E-state index contributed by atoms with van der Waals surface area (Å²) >= 11 is 0. The molecule has 0 bridgehead atoms. The molecule has 1 N–H and O–H groups in total. The van der Waals surface area contributed by atoms with Gasteiger partial charge in [0.05, 0.1) is 11.1 Å². The van der Waals surface area contributed by atoms with Crippen LogP contribution in [-0.4, -0.2) is 30.3 Å². The van der Waals surface area contributed by atoms with Gasteiger partial charge in [-0.25, -0.2) is 4.98 Å². The molecular weight excluding hydrogens is 178 g/mol. The number of carbonyl (C=O) groups is 1. The lowest BCUT2D eigenvalue weighted by Gasteiger charge is -2.10. The van der Waals surface area contributed by atoms with Crippen LogP contribution in [0.25, 0.3) is 11.0 Å². The molecule has 72 valence electrons. The van der Waals surface area contributed by atoms with E-state index in [-0.39, 0.29) is 0 Å². The third-order valence-corrected chi connectivity index (χ3v) is 2.12. The quantitative estimate of drug-likeness (QED) is 0.727. The molecule has 0 aliphatic heterocycles. The van der Waals surface area contributed by atoms with Crippen LogP contribution in [-0.2, 0) is 0 Å². The summed E-state index contributed by atoms with van der Waals surface area (Å²) in [7, 11) is 3.84. The molecule has 2 aromatic rings. The van der Waals surface area contributed by atoms with Gasteiger partial charge in [-0.15, -0.1) is 0 Å². The molecule has 0 saturated carbocycles. The number of hydrogen-bond acceptors (Lipinski definition) is 3. The highest BCUT2D eigenvalue weighted by molar-refractivity contribution is 5.95. The van der Waals surface area contributed by atoms with Gasteiger partial charge < -0.3 is 9.88 Å². The zero-order valence-electron chi connectivity index (χ0n) is 8.11. The van der Waals surface area contributed by atoms with Crippen LogP contribution in [0.3, 0.4) is 0 Å². The largest absolute Gasteiger partial charge is 0.363 e. The molecule has 2 heterocycles. The molecule has 0 aliphatic rings. The summed E-state index contributed by atoms with van der Waals surface area (Å²) in [5, 5.41) is 0. The SMILES string of the molecule is CN(C)c1ccc2[nH]cc(C=O)c2n1. The molecule has 0 fully saturated rings. The highest BCUT2D eigenvalue weighted by Crippen LogP contribution is 2.18. The van der Waals surface area contributed by atoms with E-state index in [1.54, 1.807) is 6.20 Å². The van der Waals surface area contributed by atoms with Crippen LogP contribution in [0.15, 0.2) is 18.3 Å². The number of carbonyl (C=O) groups excluding carboxylic acids is 1.